The van der Waals surface area contributed by atoms with Gasteiger partial charge in [-0.1, -0.05) is 6.08 Å². The summed E-state index contributed by atoms with van der Waals surface area (Å²) in [6.45, 7) is 3.19. The SMILES string of the molecule is C=CCC(=O)CC(O)C(F)(F)F. The van der Waals surface area contributed by atoms with Gasteiger partial charge in [-0.2, -0.15) is 13.2 Å². The number of aliphatic hydroxyl groups is 1. The molecule has 0 rings (SSSR count). The summed E-state index contributed by atoms with van der Waals surface area (Å²) in [4.78, 5) is 10.6. The lowest BCUT2D eigenvalue weighted by atomic mass is 10.1. The van der Waals surface area contributed by atoms with E-state index in [0.29, 0.717) is 0 Å². The first-order chi connectivity index (χ1) is 5.38. The molecule has 0 saturated heterocycles. The van der Waals surface area contributed by atoms with Gasteiger partial charge in [-0.15, -0.1) is 6.58 Å². The van der Waals surface area contributed by atoms with Gasteiger partial charge in [0.2, 0.25) is 0 Å². The van der Waals surface area contributed by atoms with Crippen molar-refractivity contribution in [2.75, 3.05) is 0 Å². The van der Waals surface area contributed by atoms with Gasteiger partial charge in [0, 0.05) is 12.8 Å². The third kappa shape index (κ3) is 4.12. The number of aliphatic hydroxyl groups excluding tert-OH is 1. The molecule has 12 heavy (non-hydrogen) atoms. The van der Waals surface area contributed by atoms with Crippen molar-refractivity contribution >= 4 is 5.78 Å². The van der Waals surface area contributed by atoms with Gasteiger partial charge in [0.15, 0.2) is 6.10 Å². The molecular formula is C7H9F3O2. The number of hydrogen-bond donors (Lipinski definition) is 1. The van der Waals surface area contributed by atoms with Gasteiger partial charge >= 0.3 is 6.18 Å². The number of carbonyl (C=O) groups is 1. The van der Waals surface area contributed by atoms with Gasteiger partial charge in [-0.3, -0.25) is 4.79 Å². The second-order valence-electron chi connectivity index (χ2n) is 2.29. The molecule has 5 heteroatoms. The monoisotopic (exact) mass is 182 g/mol. The predicted octanol–water partition coefficient (Wildman–Crippen LogP) is 1.44. The van der Waals surface area contributed by atoms with Crippen LogP contribution in [0.25, 0.3) is 0 Å². The van der Waals surface area contributed by atoms with Gasteiger partial charge in [0.25, 0.3) is 0 Å². The molecule has 0 aliphatic heterocycles. The van der Waals surface area contributed by atoms with Crippen molar-refractivity contribution < 1.29 is 23.1 Å². The minimum Gasteiger partial charge on any atom is -0.383 e. The first-order valence-corrected chi connectivity index (χ1v) is 3.25. The Hall–Kier alpha value is -0.840. The lowest BCUT2D eigenvalue weighted by Gasteiger charge is -2.12. The van der Waals surface area contributed by atoms with E-state index in [2.05, 4.69) is 6.58 Å². The minimum atomic E-state index is -4.71. The molecule has 0 radical (unpaired) electrons. The Kier molecular flexibility index (Phi) is 3.95. The molecule has 0 aliphatic rings. The molecule has 0 fully saturated rings. The van der Waals surface area contributed by atoms with Gasteiger partial charge in [-0.25, -0.2) is 0 Å². The Bertz CT molecular complexity index is 174. The van der Waals surface area contributed by atoms with E-state index in [1.807, 2.05) is 0 Å². The van der Waals surface area contributed by atoms with Crippen LogP contribution in [-0.4, -0.2) is 23.2 Å². The van der Waals surface area contributed by atoms with Crippen LogP contribution in [0.15, 0.2) is 12.7 Å². The number of alkyl halides is 3. The van der Waals surface area contributed by atoms with Crippen molar-refractivity contribution in [2.24, 2.45) is 0 Å². The summed E-state index contributed by atoms with van der Waals surface area (Å²) in [5.74, 6) is -0.671. The molecule has 0 saturated carbocycles. The maximum absolute atomic E-state index is 11.6. The molecule has 0 amide bonds. The van der Waals surface area contributed by atoms with Crippen LogP contribution in [0.1, 0.15) is 12.8 Å². The fraction of sp³-hybridized carbons (Fsp3) is 0.571. The zero-order chi connectivity index (χ0) is 9.78. The van der Waals surface area contributed by atoms with E-state index in [1.165, 1.54) is 6.08 Å². The van der Waals surface area contributed by atoms with E-state index < -0.39 is 24.5 Å². The third-order valence-electron chi connectivity index (χ3n) is 1.17. The number of rotatable bonds is 4. The summed E-state index contributed by atoms with van der Waals surface area (Å²) in [7, 11) is 0. The van der Waals surface area contributed by atoms with Crippen LogP contribution in [0.2, 0.25) is 0 Å². The smallest absolute Gasteiger partial charge is 0.383 e. The summed E-state index contributed by atoms with van der Waals surface area (Å²) in [6.07, 6.45) is -7.10. The number of allylic oxidation sites excluding steroid dienone is 1. The van der Waals surface area contributed by atoms with E-state index in [4.69, 9.17) is 5.11 Å². The summed E-state index contributed by atoms with van der Waals surface area (Å²) in [5.41, 5.74) is 0. The average molecular weight is 182 g/mol. The standard InChI is InChI=1S/C7H9F3O2/c1-2-3-5(11)4-6(12)7(8,9)10/h2,6,12H,1,3-4H2. The van der Waals surface area contributed by atoms with Gasteiger partial charge in [0.05, 0.1) is 0 Å². The second kappa shape index (κ2) is 4.25. The fourth-order valence-corrected chi connectivity index (χ4v) is 0.576. The highest BCUT2D eigenvalue weighted by Gasteiger charge is 2.38. The van der Waals surface area contributed by atoms with Gasteiger partial charge in [0.1, 0.15) is 5.78 Å². The molecule has 70 valence electrons. The van der Waals surface area contributed by atoms with E-state index in [9.17, 15) is 18.0 Å². The molecule has 0 aromatic rings. The summed E-state index contributed by atoms with van der Waals surface area (Å²) in [5, 5.41) is 8.40. The van der Waals surface area contributed by atoms with Gasteiger partial charge < -0.3 is 5.11 Å². The Morgan fingerprint density at radius 2 is 2.08 bits per heavy atom. The topological polar surface area (TPSA) is 37.3 Å². The quantitative estimate of drug-likeness (QED) is 0.668. The van der Waals surface area contributed by atoms with Crippen molar-refractivity contribution in [3.8, 4) is 0 Å². The van der Waals surface area contributed by atoms with Crippen molar-refractivity contribution in [2.45, 2.75) is 25.1 Å². The van der Waals surface area contributed by atoms with Crippen LogP contribution in [0.5, 0.6) is 0 Å². The largest absolute Gasteiger partial charge is 0.414 e. The fourth-order valence-electron chi connectivity index (χ4n) is 0.576. The van der Waals surface area contributed by atoms with Crippen LogP contribution in [0, 0.1) is 0 Å². The Morgan fingerprint density at radius 1 is 1.58 bits per heavy atom. The number of hydrogen-bond acceptors (Lipinski definition) is 2. The van der Waals surface area contributed by atoms with Crippen LogP contribution < -0.4 is 0 Å². The number of Topliss-reactive ketones (excluding diaryl/α,β-unsaturated/α-hetero) is 1. The van der Waals surface area contributed by atoms with Crippen molar-refractivity contribution in [3.63, 3.8) is 0 Å². The normalized spacial score (nSPS) is 14.0. The molecule has 0 bridgehead atoms. The number of ketones is 1. The maximum atomic E-state index is 11.6. The van der Waals surface area contributed by atoms with E-state index >= 15 is 0 Å². The van der Waals surface area contributed by atoms with Crippen LogP contribution in [0.3, 0.4) is 0 Å². The summed E-state index contributed by atoms with van der Waals surface area (Å²) < 4.78 is 34.9. The average Bonchev–Trinajstić information content (AvgIpc) is 1.85. The van der Waals surface area contributed by atoms with Crippen molar-refractivity contribution in [1.82, 2.24) is 0 Å². The highest BCUT2D eigenvalue weighted by molar-refractivity contribution is 5.80. The molecule has 2 nitrogen and oxygen atoms in total. The Morgan fingerprint density at radius 3 is 2.42 bits per heavy atom. The number of carbonyl (C=O) groups excluding carboxylic acids is 1. The van der Waals surface area contributed by atoms with Crippen LogP contribution in [-0.2, 0) is 4.79 Å². The first kappa shape index (κ1) is 11.2. The molecule has 0 aliphatic carbocycles. The van der Waals surface area contributed by atoms with E-state index in [-0.39, 0.29) is 6.42 Å². The Labute approximate surface area is 67.7 Å². The van der Waals surface area contributed by atoms with Crippen molar-refractivity contribution in [3.05, 3.63) is 12.7 Å². The summed E-state index contributed by atoms with van der Waals surface area (Å²) in [6, 6.07) is 0. The van der Waals surface area contributed by atoms with E-state index in [0.717, 1.165) is 0 Å². The highest BCUT2D eigenvalue weighted by Crippen LogP contribution is 2.22. The summed E-state index contributed by atoms with van der Waals surface area (Å²) >= 11 is 0. The maximum Gasteiger partial charge on any atom is 0.414 e. The first-order valence-electron chi connectivity index (χ1n) is 3.25. The molecule has 0 aromatic heterocycles. The second-order valence-corrected chi connectivity index (χ2v) is 2.29. The molecular weight excluding hydrogens is 173 g/mol. The lowest BCUT2D eigenvalue weighted by Crippen LogP contribution is -2.30. The zero-order valence-electron chi connectivity index (χ0n) is 6.27. The highest BCUT2D eigenvalue weighted by atomic mass is 19.4. The minimum absolute atomic E-state index is 0.146. The predicted molar refractivity (Wildman–Crippen MR) is 36.5 cm³/mol. The zero-order valence-corrected chi connectivity index (χ0v) is 6.27. The van der Waals surface area contributed by atoms with Crippen LogP contribution >= 0.6 is 0 Å². The molecule has 1 N–H and O–H groups in total. The molecule has 0 aromatic carbocycles. The van der Waals surface area contributed by atoms with Gasteiger partial charge in [-0.05, 0) is 0 Å². The molecule has 1 atom stereocenters. The van der Waals surface area contributed by atoms with Crippen molar-refractivity contribution in [1.29, 1.82) is 0 Å². The molecule has 0 heterocycles. The van der Waals surface area contributed by atoms with Crippen LogP contribution in [0.4, 0.5) is 13.2 Å². The Balaban J connectivity index is 3.92. The third-order valence-corrected chi connectivity index (χ3v) is 1.17. The molecule has 0 spiro atoms. The molecule has 1 unspecified atom stereocenters. The van der Waals surface area contributed by atoms with E-state index in [1.54, 1.807) is 0 Å². The lowest BCUT2D eigenvalue weighted by molar-refractivity contribution is -0.205. The number of halogens is 3.